The van der Waals surface area contributed by atoms with Crippen LogP contribution >= 0.6 is 11.3 Å². The Balaban J connectivity index is 1.38. The maximum Gasteiger partial charge on any atom is 0.194 e. The molecule has 0 aromatic carbocycles. The topological polar surface area (TPSA) is 50.0 Å². The van der Waals surface area contributed by atoms with Crippen molar-refractivity contribution in [2.45, 2.75) is 58.1 Å². The first-order valence-electron chi connectivity index (χ1n) is 9.55. The summed E-state index contributed by atoms with van der Waals surface area (Å²) < 4.78 is 8.17. The van der Waals surface area contributed by atoms with Crippen molar-refractivity contribution >= 4 is 16.3 Å². The van der Waals surface area contributed by atoms with Crippen molar-refractivity contribution in [3.05, 3.63) is 23.0 Å². The summed E-state index contributed by atoms with van der Waals surface area (Å²) in [6, 6.07) is 0. The molecular formula is C19H29N3O2S. The number of imidazole rings is 1. The lowest BCUT2D eigenvalue weighted by molar-refractivity contribution is -0.0487. The van der Waals surface area contributed by atoms with Gasteiger partial charge in [0.05, 0.1) is 17.5 Å². The summed E-state index contributed by atoms with van der Waals surface area (Å²) in [6.07, 6.45) is 9.26. The van der Waals surface area contributed by atoms with Gasteiger partial charge in [-0.15, -0.1) is 11.3 Å². The zero-order valence-electron chi connectivity index (χ0n) is 15.1. The maximum absolute atomic E-state index is 10.1. The van der Waals surface area contributed by atoms with Gasteiger partial charge < -0.3 is 9.84 Å². The fourth-order valence-electron chi connectivity index (χ4n) is 4.41. The van der Waals surface area contributed by atoms with E-state index in [9.17, 15) is 5.11 Å². The predicted octanol–water partition coefficient (Wildman–Crippen LogP) is 3.24. The summed E-state index contributed by atoms with van der Waals surface area (Å²) in [5.74, 6) is 0. The lowest BCUT2D eigenvalue weighted by Gasteiger charge is -2.43. The van der Waals surface area contributed by atoms with Gasteiger partial charge in [0.2, 0.25) is 0 Å². The molecule has 2 fully saturated rings. The van der Waals surface area contributed by atoms with Gasteiger partial charge >= 0.3 is 0 Å². The van der Waals surface area contributed by atoms with Gasteiger partial charge in [0.15, 0.2) is 4.96 Å². The molecule has 138 valence electrons. The summed E-state index contributed by atoms with van der Waals surface area (Å²) in [5, 5.41) is 12.2. The van der Waals surface area contributed by atoms with E-state index < -0.39 is 0 Å². The Bertz CT molecular complexity index is 697. The molecule has 0 radical (unpaired) electrons. The third-order valence-electron chi connectivity index (χ3n) is 6.12. The highest BCUT2D eigenvalue weighted by molar-refractivity contribution is 7.15. The second kappa shape index (κ2) is 7.35. The molecule has 1 unspecified atom stereocenters. The second-order valence-corrected chi connectivity index (χ2v) is 8.70. The van der Waals surface area contributed by atoms with Crippen molar-refractivity contribution in [1.82, 2.24) is 14.3 Å². The van der Waals surface area contributed by atoms with E-state index >= 15 is 0 Å². The Morgan fingerprint density at radius 3 is 2.92 bits per heavy atom. The van der Waals surface area contributed by atoms with Crippen LogP contribution in [0.5, 0.6) is 0 Å². The number of likely N-dealkylation sites (tertiary alicyclic amines) is 1. The fourth-order valence-corrected chi connectivity index (χ4v) is 5.19. The van der Waals surface area contributed by atoms with Crippen molar-refractivity contribution < 1.29 is 9.84 Å². The molecule has 1 N–H and O–H groups in total. The summed E-state index contributed by atoms with van der Waals surface area (Å²) in [6.45, 7) is 6.34. The van der Waals surface area contributed by atoms with E-state index in [2.05, 4.69) is 32.8 Å². The van der Waals surface area contributed by atoms with Crippen molar-refractivity contribution in [3.63, 3.8) is 0 Å². The van der Waals surface area contributed by atoms with Crippen molar-refractivity contribution in [3.8, 4) is 0 Å². The highest BCUT2D eigenvalue weighted by Crippen LogP contribution is 2.38. The Hall–Kier alpha value is -0.950. The number of fused-ring (bicyclic) bond motifs is 1. The molecule has 1 atom stereocenters. The molecule has 2 aromatic rings. The summed E-state index contributed by atoms with van der Waals surface area (Å²) >= 11 is 1.69. The van der Waals surface area contributed by atoms with Gasteiger partial charge in [-0.3, -0.25) is 9.30 Å². The third-order valence-corrected chi connectivity index (χ3v) is 6.88. The molecule has 0 amide bonds. The lowest BCUT2D eigenvalue weighted by Crippen LogP contribution is -2.44. The highest BCUT2D eigenvalue weighted by atomic mass is 32.1. The quantitative estimate of drug-likeness (QED) is 0.886. The van der Waals surface area contributed by atoms with E-state index in [-0.39, 0.29) is 5.41 Å². The molecule has 2 aromatic heterocycles. The summed E-state index contributed by atoms with van der Waals surface area (Å²) in [4.78, 5) is 8.26. The molecule has 25 heavy (non-hydrogen) atoms. The second-order valence-electron chi connectivity index (χ2n) is 7.83. The minimum absolute atomic E-state index is 0.0582. The largest absolute Gasteiger partial charge is 0.396 e. The Morgan fingerprint density at radius 1 is 1.36 bits per heavy atom. The molecule has 0 aliphatic carbocycles. The number of thiazole rings is 1. The molecule has 0 bridgehead atoms. The molecule has 0 spiro atoms. The normalized spacial score (nSPS) is 24.8. The first-order chi connectivity index (χ1) is 12.2. The van der Waals surface area contributed by atoms with Gasteiger partial charge in [0.1, 0.15) is 0 Å². The number of piperidine rings is 1. The van der Waals surface area contributed by atoms with Gasteiger partial charge in [0.25, 0.3) is 0 Å². The lowest BCUT2D eigenvalue weighted by atomic mass is 9.74. The number of hydrogen-bond acceptors (Lipinski definition) is 5. The molecule has 4 rings (SSSR count). The van der Waals surface area contributed by atoms with Crippen LogP contribution in [-0.4, -0.2) is 51.8 Å². The number of rotatable bonds is 5. The van der Waals surface area contributed by atoms with E-state index in [1.807, 2.05) is 0 Å². The predicted molar refractivity (Wildman–Crippen MR) is 100 cm³/mol. The molecule has 4 heterocycles. The van der Waals surface area contributed by atoms with Crippen LogP contribution < -0.4 is 0 Å². The minimum Gasteiger partial charge on any atom is -0.396 e. The van der Waals surface area contributed by atoms with Crippen LogP contribution in [0.25, 0.3) is 4.96 Å². The van der Waals surface area contributed by atoms with Crippen LogP contribution in [0.3, 0.4) is 0 Å². The van der Waals surface area contributed by atoms with Gasteiger partial charge in [-0.1, -0.05) is 0 Å². The number of aliphatic hydroxyl groups is 1. The minimum atomic E-state index is 0.0582. The van der Waals surface area contributed by atoms with Crippen LogP contribution in [0, 0.1) is 12.3 Å². The van der Waals surface area contributed by atoms with Gasteiger partial charge in [0, 0.05) is 31.3 Å². The smallest absolute Gasteiger partial charge is 0.194 e. The van der Waals surface area contributed by atoms with Gasteiger partial charge in [-0.25, -0.2) is 4.98 Å². The summed E-state index contributed by atoms with van der Waals surface area (Å²) in [5.41, 5.74) is 2.51. The maximum atomic E-state index is 10.1. The van der Waals surface area contributed by atoms with Crippen molar-refractivity contribution in [2.75, 3.05) is 26.3 Å². The standard InChI is InChI=1S/C19H29N3O2S/c1-15-17(22-9-11-25-18(22)20-15)13-21-7-5-19(14-23,6-8-21)12-16-4-2-3-10-24-16/h9,11,16,23H,2-8,10,12-14H2,1H3. The molecule has 2 saturated heterocycles. The molecular weight excluding hydrogens is 334 g/mol. The van der Waals surface area contributed by atoms with Crippen LogP contribution in [0.2, 0.25) is 0 Å². The van der Waals surface area contributed by atoms with Crippen LogP contribution in [-0.2, 0) is 11.3 Å². The number of nitrogens with zero attached hydrogens (tertiary/aromatic N) is 3. The number of ether oxygens (including phenoxy) is 1. The van der Waals surface area contributed by atoms with Crippen LogP contribution in [0.1, 0.15) is 49.9 Å². The average Bonchev–Trinajstić information content (AvgIpc) is 3.20. The first-order valence-corrected chi connectivity index (χ1v) is 10.4. The van der Waals surface area contributed by atoms with E-state index in [0.717, 1.165) is 62.6 Å². The van der Waals surface area contributed by atoms with Gasteiger partial charge in [-0.2, -0.15) is 0 Å². The van der Waals surface area contributed by atoms with Crippen LogP contribution in [0.15, 0.2) is 11.6 Å². The fraction of sp³-hybridized carbons (Fsp3) is 0.737. The molecule has 5 nitrogen and oxygen atoms in total. The first kappa shape index (κ1) is 17.5. The van der Waals surface area contributed by atoms with E-state index in [0.29, 0.717) is 12.7 Å². The number of aliphatic hydroxyl groups excluding tert-OH is 1. The van der Waals surface area contributed by atoms with Crippen LogP contribution in [0.4, 0.5) is 0 Å². The number of aryl methyl sites for hydroxylation is 1. The van der Waals surface area contributed by atoms with Crippen molar-refractivity contribution in [2.24, 2.45) is 5.41 Å². The molecule has 2 aliphatic heterocycles. The van der Waals surface area contributed by atoms with E-state index in [4.69, 9.17) is 4.74 Å². The Morgan fingerprint density at radius 2 is 2.20 bits per heavy atom. The average molecular weight is 364 g/mol. The van der Waals surface area contributed by atoms with E-state index in [1.54, 1.807) is 11.3 Å². The van der Waals surface area contributed by atoms with E-state index in [1.165, 1.54) is 18.5 Å². The number of aromatic nitrogens is 2. The Kier molecular flexibility index (Phi) is 5.13. The van der Waals surface area contributed by atoms with Crippen molar-refractivity contribution in [1.29, 1.82) is 0 Å². The highest BCUT2D eigenvalue weighted by Gasteiger charge is 2.37. The summed E-state index contributed by atoms with van der Waals surface area (Å²) in [7, 11) is 0. The van der Waals surface area contributed by atoms with Gasteiger partial charge in [-0.05, 0) is 64.0 Å². The monoisotopic (exact) mass is 363 g/mol. The zero-order chi connectivity index (χ0) is 17.3. The Labute approximate surface area is 153 Å². The molecule has 6 heteroatoms. The SMILES string of the molecule is Cc1nc2sccn2c1CN1CCC(CO)(CC2CCCCO2)CC1. The third kappa shape index (κ3) is 3.63. The molecule has 0 saturated carbocycles. The zero-order valence-corrected chi connectivity index (χ0v) is 15.9. The number of hydrogen-bond donors (Lipinski definition) is 1. The molecule has 2 aliphatic rings.